The number of nitrogens with zero attached hydrogens (tertiary/aromatic N) is 1. The van der Waals surface area contributed by atoms with Crippen molar-refractivity contribution in [3.05, 3.63) is 23.4 Å². The predicted octanol–water partition coefficient (Wildman–Crippen LogP) is 1.95. The third-order valence-electron chi connectivity index (χ3n) is 2.08. The fourth-order valence-electron chi connectivity index (χ4n) is 1.25. The number of hydrogen-bond acceptors (Lipinski definition) is 2. The van der Waals surface area contributed by atoms with E-state index in [4.69, 9.17) is 5.73 Å². The van der Waals surface area contributed by atoms with Crippen LogP contribution in [0, 0.1) is 0 Å². The van der Waals surface area contributed by atoms with Crippen LogP contribution in [-0.4, -0.2) is 11.6 Å². The summed E-state index contributed by atoms with van der Waals surface area (Å²) in [6.45, 7) is 3.91. The van der Waals surface area contributed by atoms with Crippen molar-refractivity contribution in [3.8, 4) is 0 Å². The van der Waals surface area contributed by atoms with Gasteiger partial charge in [-0.15, -0.1) is 0 Å². The first-order valence-electron chi connectivity index (χ1n) is 4.88. The Morgan fingerprint density at radius 2 is 2.36 bits per heavy atom. The lowest BCUT2D eigenvalue weighted by Crippen LogP contribution is -2.10. The van der Waals surface area contributed by atoms with Crippen molar-refractivity contribution in [2.45, 2.75) is 33.1 Å². The minimum atomic E-state index is -0.0683. The second-order valence-electron chi connectivity index (χ2n) is 3.45. The van der Waals surface area contributed by atoms with E-state index in [-0.39, 0.29) is 5.91 Å². The summed E-state index contributed by atoms with van der Waals surface area (Å²) in [4.78, 5) is 15.3. The first-order valence-corrected chi connectivity index (χ1v) is 4.88. The molecule has 0 radical (unpaired) electrons. The fourth-order valence-corrected chi connectivity index (χ4v) is 1.25. The molecule has 0 fully saturated rings. The lowest BCUT2D eigenvalue weighted by molar-refractivity contribution is -0.117. The Balaban J connectivity index is 2.79. The van der Waals surface area contributed by atoms with E-state index in [1.807, 2.05) is 19.9 Å². The van der Waals surface area contributed by atoms with Gasteiger partial charge in [0.05, 0.1) is 5.71 Å². The molecule has 0 spiro atoms. The molecule has 1 rings (SSSR count). The van der Waals surface area contributed by atoms with Crippen LogP contribution in [0.1, 0.15) is 33.1 Å². The number of rotatable bonds is 2. The van der Waals surface area contributed by atoms with Crippen molar-refractivity contribution >= 4 is 11.6 Å². The maximum atomic E-state index is 11.3. The Labute approximate surface area is 84.4 Å². The van der Waals surface area contributed by atoms with E-state index in [0.717, 1.165) is 24.1 Å². The van der Waals surface area contributed by atoms with Crippen LogP contribution in [0.25, 0.3) is 0 Å². The van der Waals surface area contributed by atoms with Gasteiger partial charge in [0.15, 0.2) is 0 Å². The van der Waals surface area contributed by atoms with E-state index in [9.17, 15) is 4.79 Å². The number of carbonyl (C=O) groups excluding carboxylic acids is 1. The minimum Gasteiger partial charge on any atom is -0.402 e. The second-order valence-corrected chi connectivity index (χ2v) is 3.45. The zero-order chi connectivity index (χ0) is 10.6. The number of allylic oxidation sites excluding steroid dienone is 3. The first-order chi connectivity index (χ1) is 6.63. The van der Waals surface area contributed by atoms with Crippen molar-refractivity contribution in [2.75, 3.05) is 0 Å². The van der Waals surface area contributed by atoms with Crippen LogP contribution < -0.4 is 5.73 Å². The van der Waals surface area contributed by atoms with Crippen LogP contribution in [0.4, 0.5) is 0 Å². The Bertz CT molecular complexity index is 324. The van der Waals surface area contributed by atoms with E-state index in [1.54, 1.807) is 6.08 Å². The summed E-state index contributed by atoms with van der Waals surface area (Å²) in [6.07, 6.45) is 5.87. The summed E-state index contributed by atoms with van der Waals surface area (Å²) in [6, 6.07) is 0. The summed E-state index contributed by atoms with van der Waals surface area (Å²) in [5.41, 5.74) is 8.17. The van der Waals surface area contributed by atoms with Gasteiger partial charge in [0.1, 0.15) is 0 Å². The lowest BCUT2D eigenvalue weighted by atomic mass is 10.0. The molecular weight excluding hydrogens is 176 g/mol. The molecule has 1 aliphatic carbocycles. The van der Waals surface area contributed by atoms with Crippen molar-refractivity contribution in [2.24, 2.45) is 10.7 Å². The quantitative estimate of drug-likeness (QED) is 0.727. The lowest BCUT2D eigenvalue weighted by Gasteiger charge is -2.09. The molecule has 1 amide bonds. The third-order valence-corrected chi connectivity index (χ3v) is 2.08. The van der Waals surface area contributed by atoms with E-state index in [1.165, 1.54) is 0 Å². The molecule has 0 unspecified atom stereocenters. The Morgan fingerprint density at radius 3 is 3.00 bits per heavy atom. The van der Waals surface area contributed by atoms with Gasteiger partial charge in [0, 0.05) is 18.5 Å². The van der Waals surface area contributed by atoms with E-state index in [0.29, 0.717) is 12.1 Å². The maximum Gasteiger partial charge on any atom is 0.246 e. The zero-order valence-corrected chi connectivity index (χ0v) is 8.71. The average Bonchev–Trinajstić information content (AvgIpc) is 2.12. The summed E-state index contributed by atoms with van der Waals surface area (Å²) in [5, 5.41) is 0. The average molecular weight is 192 g/mol. The molecule has 76 valence electrons. The Morgan fingerprint density at radius 1 is 1.64 bits per heavy atom. The molecule has 0 aromatic rings. The van der Waals surface area contributed by atoms with Gasteiger partial charge in [-0.3, -0.25) is 4.79 Å². The largest absolute Gasteiger partial charge is 0.402 e. The van der Waals surface area contributed by atoms with Crippen molar-refractivity contribution in [3.63, 3.8) is 0 Å². The van der Waals surface area contributed by atoms with Crippen LogP contribution in [0.15, 0.2) is 28.4 Å². The van der Waals surface area contributed by atoms with Gasteiger partial charge < -0.3 is 5.73 Å². The van der Waals surface area contributed by atoms with Gasteiger partial charge in [-0.1, -0.05) is 13.0 Å². The molecule has 0 saturated carbocycles. The van der Waals surface area contributed by atoms with Gasteiger partial charge in [-0.05, 0) is 25.0 Å². The standard InChI is InChI=1S/C11H16N2O/c1-3-4-11(14)13-10-7-9(12)6-5-8(10)2/h5,7H,3-4,6,12H2,1-2H3. The zero-order valence-electron chi connectivity index (χ0n) is 8.71. The van der Waals surface area contributed by atoms with Crippen molar-refractivity contribution in [1.29, 1.82) is 0 Å². The smallest absolute Gasteiger partial charge is 0.246 e. The minimum absolute atomic E-state index is 0.0683. The Hall–Kier alpha value is -1.38. The van der Waals surface area contributed by atoms with E-state index >= 15 is 0 Å². The van der Waals surface area contributed by atoms with Gasteiger partial charge >= 0.3 is 0 Å². The third kappa shape index (κ3) is 2.83. The number of aliphatic imine (C=N–C) groups is 1. The number of hydrogen-bond donors (Lipinski definition) is 1. The summed E-state index contributed by atoms with van der Waals surface area (Å²) >= 11 is 0. The number of nitrogens with two attached hydrogens (primary N) is 1. The number of amides is 1. The molecule has 0 aliphatic heterocycles. The number of carbonyl (C=O) groups is 1. The van der Waals surface area contributed by atoms with Crippen LogP contribution in [0.3, 0.4) is 0 Å². The van der Waals surface area contributed by atoms with Crippen LogP contribution in [-0.2, 0) is 4.79 Å². The van der Waals surface area contributed by atoms with E-state index in [2.05, 4.69) is 4.99 Å². The monoisotopic (exact) mass is 192 g/mol. The summed E-state index contributed by atoms with van der Waals surface area (Å²) in [5.74, 6) is -0.0683. The molecule has 0 aromatic carbocycles. The highest BCUT2D eigenvalue weighted by atomic mass is 16.1. The molecule has 3 heteroatoms. The SMILES string of the molecule is CCCC(=O)N=C1C=C(N)CC=C1C. The maximum absolute atomic E-state index is 11.3. The molecule has 3 nitrogen and oxygen atoms in total. The summed E-state index contributed by atoms with van der Waals surface area (Å²) in [7, 11) is 0. The fraction of sp³-hybridized carbons (Fsp3) is 0.455. The molecule has 0 atom stereocenters. The predicted molar refractivity (Wildman–Crippen MR) is 58.0 cm³/mol. The van der Waals surface area contributed by atoms with Gasteiger partial charge in [-0.2, -0.15) is 0 Å². The second kappa shape index (κ2) is 4.74. The van der Waals surface area contributed by atoms with Crippen LogP contribution in [0.2, 0.25) is 0 Å². The molecule has 0 aromatic heterocycles. The molecule has 0 bridgehead atoms. The highest BCUT2D eigenvalue weighted by molar-refractivity contribution is 6.13. The van der Waals surface area contributed by atoms with Crippen LogP contribution in [0.5, 0.6) is 0 Å². The van der Waals surface area contributed by atoms with Gasteiger partial charge in [0.2, 0.25) is 5.91 Å². The molecule has 2 N–H and O–H groups in total. The normalized spacial score (nSPS) is 19.1. The molecular formula is C11H16N2O. The topological polar surface area (TPSA) is 55.5 Å². The molecule has 1 aliphatic rings. The van der Waals surface area contributed by atoms with Crippen LogP contribution >= 0.6 is 0 Å². The first kappa shape index (κ1) is 10.7. The highest BCUT2D eigenvalue weighted by Gasteiger charge is 2.07. The Kier molecular flexibility index (Phi) is 3.63. The molecule has 14 heavy (non-hydrogen) atoms. The van der Waals surface area contributed by atoms with Crippen molar-refractivity contribution < 1.29 is 4.79 Å². The van der Waals surface area contributed by atoms with Gasteiger partial charge in [-0.25, -0.2) is 4.99 Å². The summed E-state index contributed by atoms with van der Waals surface area (Å²) < 4.78 is 0. The molecule has 0 saturated heterocycles. The van der Waals surface area contributed by atoms with Gasteiger partial charge in [0.25, 0.3) is 0 Å². The highest BCUT2D eigenvalue weighted by Crippen LogP contribution is 2.12. The van der Waals surface area contributed by atoms with Crippen molar-refractivity contribution in [1.82, 2.24) is 0 Å². The molecule has 0 heterocycles. The van der Waals surface area contributed by atoms with E-state index < -0.39 is 0 Å².